The highest BCUT2D eigenvalue weighted by Gasteiger charge is 2.29. The monoisotopic (exact) mass is 332 g/mol. The minimum absolute atomic E-state index is 0.220. The predicted octanol–water partition coefficient (Wildman–Crippen LogP) is 2.39. The summed E-state index contributed by atoms with van der Waals surface area (Å²) < 4.78 is 6.70. The molecule has 0 aliphatic carbocycles. The summed E-state index contributed by atoms with van der Waals surface area (Å²) in [7, 11) is 0. The fourth-order valence-electron chi connectivity index (χ4n) is 2.13. The molecule has 2 rings (SSSR count). The van der Waals surface area contributed by atoms with Crippen molar-refractivity contribution >= 4 is 11.9 Å². The predicted molar refractivity (Wildman–Crippen MR) is 86.2 cm³/mol. The molecular weight excluding hydrogens is 312 g/mol. The zero-order valence-electron chi connectivity index (χ0n) is 13.9. The van der Waals surface area contributed by atoms with Gasteiger partial charge in [0.05, 0.1) is 0 Å². The highest BCUT2D eigenvalue weighted by molar-refractivity contribution is 5.69. The van der Waals surface area contributed by atoms with E-state index in [4.69, 9.17) is 4.74 Å². The Morgan fingerprint density at radius 3 is 2.54 bits per heavy atom. The van der Waals surface area contributed by atoms with Crippen LogP contribution in [0.5, 0.6) is 0 Å². The summed E-state index contributed by atoms with van der Waals surface area (Å²) in [5.41, 5.74) is 0.821. The van der Waals surface area contributed by atoms with Gasteiger partial charge < -0.3 is 14.9 Å². The highest BCUT2D eigenvalue weighted by Crippen LogP contribution is 2.26. The second-order valence-electron chi connectivity index (χ2n) is 6.53. The van der Waals surface area contributed by atoms with Crippen LogP contribution < -0.4 is 0 Å². The van der Waals surface area contributed by atoms with E-state index in [-0.39, 0.29) is 18.1 Å². The molecule has 8 nitrogen and oxygen atoms in total. The van der Waals surface area contributed by atoms with Crippen LogP contribution in [0.4, 0.5) is 5.95 Å². The Bertz CT molecular complexity index is 706. The molecule has 2 aromatic rings. The minimum Gasteiger partial charge on any atom is -0.460 e. The molecule has 1 aromatic heterocycles. The Morgan fingerprint density at radius 2 is 2.00 bits per heavy atom. The summed E-state index contributed by atoms with van der Waals surface area (Å²) in [6.07, 6.45) is 1.40. The topological polar surface area (TPSA) is 100 Å². The Kier molecular flexibility index (Phi) is 5.28. The van der Waals surface area contributed by atoms with Gasteiger partial charge in [-0.1, -0.05) is 56.1 Å². The van der Waals surface area contributed by atoms with Crippen LogP contribution >= 0.6 is 0 Å². The van der Waals surface area contributed by atoms with Crippen LogP contribution in [-0.2, 0) is 22.5 Å². The van der Waals surface area contributed by atoms with Gasteiger partial charge in [0.2, 0.25) is 6.33 Å². The normalized spacial score (nSPS) is 12.6. The van der Waals surface area contributed by atoms with Crippen molar-refractivity contribution < 1.29 is 14.5 Å². The second-order valence-corrected chi connectivity index (χ2v) is 6.53. The van der Waals surface area contributed by atoms with E-state index >= 15 is 0 Å². The van der Waals surface area contributed by atoms with E-state index < -0.39 is 16.8 Å². The van der Waals surface area contributed by atoms with Crippen LogP contribution in [0.15, 0.2) is 36.7 Å². The molecule has 1 unspecified atom stereocenters. The summed E-state index contributed by atoms with van der Waals surface area (Å²) in [6.45, 7) is 5.76. The van der Waals surface area contributed by atoms with Gasteiger partial charge in [0.1, 0.15) is 6.10 Å². The molecule has 0 saturated carbocycles. The third kappa shape index (κ3) is 4.87. The maximum Gasteiger partial charge on any atom is 0.490 e. The van der Waals surface area contributed by atoms with E-state index in [1.807, 2.05) is 51.1 Å². The molecule has 0 saturated heterocycles. The number of aromatic nitrogens is 3. The van der Waals surface area contributed by atoms with Crippen LogP contribution in [-0.4, -0.2) is 31.8 Å². The molecule has 0 aliphatic rings. The molecule has 0 amide bonds. The summed E-state index contributed by atoms with van der Waals surface area (Å²) in [4.78, 5) is 25.5. The van der Waals surface area contributed by atoms with E-state index in [2.05, 4.69) is 10.1 Å². The minimum atomic E-state index is -0.713. The van der Waals surface area contributed by atoms with Gasteiger partial charge in [-0.05, 0) is 15.9 Å². The summed E-state index contributed by atoms with van der Waals surface area (Å²) in [6, 6.07) is 9.76. The standard InChI is InChI=1S/C16H20N4O4/c1-16(2,3)13(9-12-7-5-4-6-8-12)24-14(21)10-19-11-17-15(18-19)20(22)23/h4-8,11,13H,9-10H2,1-3H3. The SMILES string of the molecule is CC(C)(C)C(Cc1ccccc1)OC(=O)Cn1cnc([N+](=O)[O-])n1. The van der Waals surface area contributed by atoms with Crippen molar-refractivity contribution in [3.05, 3.63) is 52.3 Å². The molecule has 1 atom stereocenters. The summed E-state index contributed by atoms with van der Waals surface area (Å²) >= 11 is 0. The van der Waals surface area contributed by atoms with Gasteiger partial charge in [0.15, 0.2) is 6.54 Å². The smallest absolute Gasteiger partial charge is 0.460 e. The first-order chi connectivity index (χ1) is 11.3. The van der Waals surface area contributed by atoms with Crippen LogP contribution in [0, 0.1) is 15.5 Å². The quantitative estimate of drug-likeness (QED) is 0.457. The zero-order valence-corrected chi connectivity index (χ0v) is 13.9. The number of benzene rings is 1. The molecule has 0 radical (unpaired) electrons. The van der Waals surface area contributed by atoms with E-state index in [1.165, 1.54) is 0 Å². The van der Waals surface area contributed by atoms with Gasteiger partial charge in [-0.25, -0.2) is 4.79 Å². The molecule has 0 fully saturated rings. The van der Waals surface area contributed by atoms with E-state index in [0.717, 1.165) is 16.6 Å². The molecule has 0 aliphatic heterocycles. The Hall–Kier alpha value is -2.77. The molecule has 0 N–H and O–H groups in total. The van der Waals surface area contributed by atoms with Crippen molar-refractivity contribution in [3.8, 4) is 0 Å². The first-order valence-electron chi connectivity index (χ1n) is 7.53. The van der Waals surface area contributed by atoms with Gasteiger partial charge >= 0.3 is 11.9 Å². The Morgan fingerprint density at radius 1 is 1.33 bits per heavy atom. The van der Waals surface area contributed by atoms with Crippen LogP contribution in [0.25, 0.3) is 0 Å². The van der Waals surface area contributed by atoms with Crippen molar-refractivity contribution in [3.63, 3.8) is 0 Å². The fraction of sp³-hybridized carbons (Fsp3) is 0.438. The molecule has 128 valence electrons. The van der Waals surface area contributed by atoms with Gasteiger partial charge in [-0.2, -0.15) is 4.68 Å². The number of esters is 1. The number of carbonyl (C=O) groups excluding carboxylic acids is 1. The zero-order chi connectivity index (χ0) is 17.7. The number of nitro groups is 1. The van der Waals surface area contributed by atoms with Crippen molar-refractivity contribution in [2.75, 3.05) is 0 Å². The number of rotatable bonds is 6. The first-order valence-corrected chi connectivity index (χ1v) is 7.53. The lowest BCUT2D eigenvalue weighted by atomic mass is 9.85. The number of hydrogen-bond acceptors (Lipinski definition) is 6. The van der Waals surface area contributed by atoms with Gasteiger partial charge in [0, 0.05) is 11.5 Å². The lowest BCUT2D eigenvalue weighted by Gasteiger charge is -2.30. The van der Waals surface area contributed by atoms with Crippen LogP contribution in [0.1, 0.15) is 26.3 Å². The van der Waals surface area contributed by atoms with Crippen LogP contribution in [0.2, 0.25) is 0 Å². The first kappa shape index (κ1) is 17.6. The fourth-order valence-corrected chi connectivity index (χ4v) is 2.13. The number of carbonyl (C=O) groups is 1. The molecule has 0 bridgehead atoms. The van der Waals surface area contributed by atoms with Crippen molar-refractivity contribution in [1.82, 2.24) is 14.8 Å². The molecule has 8 heteroatoms. The van der Waals surface area contributed by atoms with Crippen molar-refractivity contribution in [2.45, 2.75) is 39.8 Å². The average molecular weight is 332 g/mol. The summed E-state index contributed by atoms with van der Waals surface area (Å²) in [5, 5.41) is 14.2. The van der Waals surface area contributed by atoms with Crippen LogP contribution in [0.3, 0.4) is 0 Å². The molecule has 1 heterocycles. The van der Waals surface area contributed by atoms with Gasteiger partial charge in [0.25, 0.3) is 0 Å². The summed E-state index contributed by atoms with van der Waals surface area (Å²) in [5.74, 6) is -1.05. The third-order valence-electron chi connectivity index (χ3n) is 3.48. The van der Waals surface area contributed by atoms with Gasteiger partial charge in [-0.3, -0.25) is 0 Å². The van der Waals surface area contributed by atoms with E-state index in [1.54, 1.807) is 0 Å². The molecule has 1 aromatic carbocycles. The van der Waals surface area contributed by atoms with Crippen molar-refractivity contribution in [1.29, 1.82) is 0 Å². The highest BCUT2D eigenvalue weighted by atomic mass is 16.6. The second kappa shape index (κ2) is 7.20. The largest absolute Gasteiger partial charge is 0.490 e. The number of nitrogens with zero attached hydrogens (tertiary/aromatic N) is 4. The van der Waals surface area contributed by atoms with E-state index in [9.17, 15) is 14.9 Å². The average Bonchev–Trinajstić information content (AvgIpc) is 2.95. The molecule has 0 spiro atoms. The van der Waals surface area contributed by atoms with E-state index in [0.29, 0.717) is 6.42 Å². The number of ether oxygens (including phenoxy) is 1. The lowest BCUT2D eigenvalue weighted by Crippen LogP contribution is -2.34. The molecule has 24 heavy (non-hydrogen) atoms. The van der Waals surface area contributed by atoms with Gasteiger partial charge in [-0.15, -0.1) is 0 Å². The Labute approximate surface area is 139 Å². The maximum atomic E-state index is 12.2. The third-order valence-corrected chi connectivity index (χ3v) is 3.48. The lowest BCUT2D eigenvalue weighted by molar-refractivity contribution is -0.394. The maximum absolute atomic E-state index is 12.2. The van der Waals surface area contributed by atoms with Crippen molar-refractivity contribution in [2.24, 2.45) is 5.41 Å². The Balaban J connectivity index is 2.02. The molecular formula is C16H20N4O4. The number of hydrogen-bond donors (Lipinski definition) is 0.